The first-order valence-electron chi connectivity index (χ1n) is 24.3. The van der Waals surface area contributed by atoms with Crippen molar-refractivity contribution in [2.75, 3.05) is 13.2 Å². The van der Waals surface area contributed by atoms with Gasteiger partial charge in [0.2, 0.25) is 0 Å². The number of hydrogen-bond donors (Lipinski definition) is 0. The molecule has 0 heterocycles. The topological polar surface area (TPSA) is 78.9 Å². The van der Waals surface area contributed by atoms with Crippen LogP contribution >= 0.6 is 0 Å². The van der Waals surface area contributed by atoms with Crippen molar-refractivity contribution in [3.63, 3.8) is 0 Å². The van der Waals surface area contributed by atoms with E-state index in [9.17, 15) is 14.4 Å². The lowest BCUT2D eigenvalue weighted by atomic mass is 10.0. The van der Waals surface area contributed by atoms with Crippen LogP contribution in [0.15, 0.2) is 97.2 Å². The number of rotatable bonds is 42. The van der Waals surface area contributed by atoms with Crippen molar-refractivity contribution in [2.24, 2.45) is 0 Å². The molecule has 0 N–H and O–H groups in total. The second-order valence-electron chi connectivity index (χ2n) is 15.7. The highest BCUT2D eigenvalue weighted by molar-refractivity contribution is 5.71. The van der Waals surface area contributed by atoms with Crippen LogP contribution in [-0.2, 0) is 28.6 Å². The number of unbranched alkanes of at least 4 members (excludes halogenated alkanes) is 17. The Kier molecular flexibility index (Phi) is 45.1. The van der Waals surface area contributed by atoms with E-state index in [1.807, 2.05) is 18.2 Å². The van der Waals surface area contributed by atoms with Gasteiger partial charge in [0.15, 0.2) is 6.10 Å². The highest BCUT2D eigenvalue weighted by Crippen LogP contribution is 2.14. The maximum atomic E-state index is 12.7. The number of allylic oxidation sites excluding steroid dienone is 16. The maximum absolute atomic E-state index is 12.7. The lowest BCUT2D eigenvalue weighted by Gasteiger charge is -2.18. The molecule has 0 radical (unpaired) electrons. The molecule has 0 bridgehead atoms. The third-order valence-corrected chi connectivity index (χ3v) is 9.91. The molecule has 0 spiro atoms. The van der Waals surface area contributed by atoms with Crippen LogP contribution in [0, 0.1) is 0 Å². The Morgan fingerprint density at radius 2 is 0.767 bits per heavy atom. The molecular weight excluding hydrogens is 745 g/mol. The van der Waals surface area contributed by atoms with Crippen LogP contribution in [-0.4, -0.2) is 37.2 Å². The molecule has 60 heavy (non-hydrogen) atoms. The van der Waals surface area contributed by atoms with Gasteiger partial charge in [0.05, 0.1) is 0 Å². The molecule has 0 aliphatic heterocycles. The lowest BCUT2D eigenvalue weighted by Crippen LogP contribution is -2.30. The molecule has 6 heteroatoms. The zero-order chi connectivity index (χ0) is 43.7. The van der Waals surface area contributed by atoms with E-state index < -0.39 is 6.10 Å². The molecule has 0 saturated heterocycles. The molecule has 6 nitrogen and oxygen atoms in total. The van der Waals surface area contributed by atoms with E-state index in [1.165, 1.54) is 64.2 Å². The Balaban J connectivity index is 4.53. The summed E-state index contributed by atoms with van der Waals surface area (Å²) in [5.41, 5.74) is 0. The summed E-state index contributed by atoms with van der Waals surface area (Å²) in [7, 11) is 0. The van der Waals surface area contributed by atoms with Crippen molar-refractivity contribution in [1.82, 2.24) is 0 Å². The minimum Gasteiger partial charge on any atom is -0.462 e. The van der Waals surface area contributed by atoms with Crippen LogP contribution in [0.25, 0.3) is 0 Å². The van der Waals surface area contributed by atoms with Crippen molar-refractivity contribution in [2.45, 2.75) is 213 Å². The van der Waals surface area contributed by atoms with Crippen LogP contribution in [0.4, 0.5) is 0 Å². The average molecular weight is 833 g/mol. The summed E-state index contributed by atoms with van der Waals surface area (Å²) >= 11 is 0. The van der Waals surface area contributed by atoms with Gasteiger partial charge in [-0.05, 0) is 70.6 Å². The van der Waals surface area contributed by atoms with Crippen molar-refractivity contribution in [1.29, 1.82) is 0 Å². The third-order valence-electron chi connectivity index (χ3n) is 9.91. The summed E-state index contributed by atoms with van der Waals surface area (Å²) in [6, 6.07) is 0. The Hall–Kier alpha value is -3.67. The van der Waals surface area contributed by atoms with Gasteiger partial charge < -0.3 is 14.2 Å². The molecule has 0 aromatic rings. The van der Waals surface area contributed by atoms with E-state index >= 15 is 0 Å². The van der Waals surface area contributed by atoms with Gasteiger partial charge in [-0.3, -0.25) is 14.4 Å². The van der Waals surface area contributed by atoms with Gasteiger partial charge in [-0.25, -0.2) is 0 Å². The number of ether oxygens (including phenoxy) is 3. The molecule has 0 aromatic carbocycles. The lowest BCUT2D eigenvalue weighted by molar-refractivity contribution is -0.166. The first-order valence-corrected chi connectivity index (χ1v) is 24.3. The number of hydrogen-bond acceptors (Lipinski definition) is 6. The Morgan fingerprint density at radius 3 is 1.27 bits per heavy atom. The number of carbonyl (C=O) groups is 3. The molecule has 0 aliphatic carbocycles. The summed E-state index contributed by atoms with van der Waals surface area (Å²) in [6.07, 6.45) is 62.6. The van der Waals surface area contributed by atoms with E-state index in [0.717, 1.165) is 96.3 Å². The second-order valence-corrected chi connectivity index (χ2v) is 15.7. The summed E-state index contributed by atoms with van der Waals surface area (Å²) in [4.78, 5) is 37.8. The van der Waals surface area contributed by atoms with Crippen LogP contribution in [0.5, 0.6) is 0 Å². The smallest absolute Gasteiger partial charge is 0.306 e. The largest absolute Gasteiger partial charge is 0.462 e. The molecule has 0 aliphatic rings. The molecule has 340 valence electrons. The van der Waals surface area contributed by atoms with E-state index in [0.29, 0.717) is 12.8 Å². The monoisotopic (exact) mass is 833 g/mol. The zero-order valence-electron chi connectivity index (χ0n) is 38.7. The van der Waals surface area contributed by atoms with Crippen molar-refractivity contribution >= 4 is 17.9 Å². The van der Waals surface area contributed by atoms with Crippen LogP contribution in [0.3, 0.4) is 0 Å². The predicted molar refractivity (Wildman–Crippen MR) is 256 cm³/mol. The summed E-state index contributed by atoms with van der Waals surface area (Å²) in [5, 5.41) is 0. The molecule has 0 fully saturated rings. The van der Waals surface area contributed by atoms with Gasteiger partial charge in [-0.1, -0.05) is 214 Å². The van der Waals surface area contributed by atoms with E-state index in [4.69, 9.17) is 14.2 Å². The first-order chi connectivity index (χ1) is 29.5. The standard InChI is InChI=1S/C54H88O6/c1-4-7-10-13-16-19-22-25-26-27-30-32-35-38-41-44-47-53(56)59-50-51(60-54(57)48-45-42-39-36-33-29-24-21-18-15-12-9-6-3)49-58-52(55)46-43-40-37-34-31-28-23-20-17-14-11-8-5-2/h7,9-10,12,15-16,18-19,21,24-26,30,32,38,41,51H,4-6,8,11,13-14,17,20,22-23,27-29,31,33-37,39-40,42-50H2,1-3H3/b10-7-,12-9-,18-15-,19-16-,24-21-,26-25-,32-30-,41-38-. The van der Waals surface area contributed by atoms with Crippen molar-refractivity contribution in [3.05, 3.63) is 97.2 Å². The Morgan fingerprint density at radius 1 is 0.367 bits per heavy atom. The highest BCUT2D eigenvalue weighted by Gasteiger charge is 2.19. The first kappa shape index (κ1) is 56.3. The fourth-order valence-electron chi connectivity index (χ4n) is 6.31. The minimum atomic E-state index is -0.816. The van der Waals surface area contributed by atoms with Crippen molar-refractivity contribution < 1.29 is 28.6 Å². The molecule has 1 atom stereocenters. The zero-order valence-corrected chi connectivity index (χ0v) is 38.7. The number of carbonyl (C=O) groups excluding carboxylic acids is 3. The number of esters is 3. The van der Waals surface area contributed by atoms with Crippen molar-refractivity contribution in [3.8, 4) is 0 Å². The minimum absolute atomic E-state index is 0.108. The normalized spacial score (nSPS) is 12.9. The highest BCUT2D eigenvalue weighted by atomic mass is 16.6. The van der Waals surface area contributed by atoms with Gasteiger partial charge in [-0.15, -0.1) is 0 Å². The van der Waals surface area contributed by atoms with E-state index in [2.05, 4.69) is 99.8 Å². The van der Waals surface area contributed by atoms with E-state index in [1.54, 1.807) is 0 Å². The fraction of sp³-hybridized carbons (Fsp3) is 0.648. The average Bonchev–Trinajstić information content (AvgIpc) is 3.24. The molecular formula is C54H88O6. The summed E-state index contributed by atoms with van der Waals surface area (Å²) in [5.74, 6) is -1.02. The Bertz CT molecular complexity index is 1230. The molecule has 0 amide bonds. The van der Waals surface area contributed by atoms with Crippen LogP contribution < -0.4 is 0 Å². The van der Waals surface area contributed by atoms with Crippen LogP contribution in [0.1, 0.15) is 207 Å². The quantitative estimate of drug-likeness (QED) is 0.0200. The summed E-state index contributed by atoms with van der Waals surface area (Å²) in [6.45, 7) is 6.29. The third kappa shape index (κ3) is 45.4. The molecule has 1 unspecified atom stereocenters. The summed E-state index contributed by atoms with van der Waals surface area (Å²) < 4.78 is 16.7. The van der Waals surface area contributed by atoms with Gasteiger partial charge in [0, 0.05) is 19.3 Å². The second kappa shape index (κ2) is 48.0. The Labute approximate surface area is 368 Å². The van der Waals surface area contributed by atoms with Crippen LogP contribution in [0.2, 0.25) is 0 Å². The molecule has 0 saturated carbocycles. The fourth-order valence-corrected chi connectivity index (χ4v) is 6.31. The van der Waals surface area contributed by atoms with Gasteiger partial charge in [-0.2, -0.15) is 0 Å². The molecule has 0 rings (SSSR count). The predicted octanol–water partition coefficient (Wildman–Crippen LogP) is 15.8. The SMILES string of the molecule is CC\C=C/C=C\C=C/CCCCCCCC(=O)OC(COC(=O)CC/C=C\C/C=C\C/C=C\C/C=C\C/C=C\CC)COC(=O)CCCCCCCCCCCCCCC. The van der Waals surface area contributed by atoms with Gasteiger partial charge in [0.1, 0.15) is 13.2 Å². The maximum Gasteiger partial charge on any atom is 0.306 e. The molecule has 0 aromatic heterocycles. The van der Waals surface area contributed by atoms with Gasteiger partial charge in [0.25, 0.3) is 0 Å². The van der Waals surface area contributed by atoms with E-state index in [-0.39, 0.29) is 44.0 Å². The van der Waals surface area contributed by atoms with Gasteiger partial charge >= 0.3 is 17.9 Å².